The van der Waals surface area contributed by atoms with Gasteiger partial charge in [0.2, 0.25) is 0 Å². The van der Waals surface area contributed by atoms with E-state index in [4.69, 9.17) is 4.74 Å². The van der Waals surface area contributed by atoms with Crippen molar-refractivity contribution < 1.29 is 14.3 Å². The van der Waals surface area contributed by atoms with Crippen LogP contribution in [-0.2, 0) is 16.1 Å². The van der Waals surface area contributed by atoms with Gasteiger partial charge in [0.15, 0.2) is 0 Å². The maximum absolute atomic E-state index is 13.7. The third kappa shape index (κ3) is 4.16. The fourth-order valence-electron chi connectivity index (χ4n) is 4.92. The molecule has 2 aromatic rings. The number of nitrogens with zero attached hydrogens (tertiary/aromatic N) is 2. The SMILES string of the molecule is COc1ccc(CN2C(=O)C(c3ccc(C)c(C)c3)=C(N3CC(C)CC(C)C3)C2=O)cc1. The second-order valence-corrected chi connectivity index (χ2v) is 9.42. The summed E-state index contributed by atoms with van der Waals surface area (Å²) in [5.41, 5.74) is 5.10. The largest absolute Gasteiger partial charge is 0.497 e. The van der Waals surface area contributed by atoms with Crippen molar-refractivity contribution in [3.05, 3.63) is 70.4 Å². The number of rotatable bonds is 5. The van der Waals surface area contributed by atoms with E-state index in [-0.39, 0.29) is 18.4 Å². The van der Waals surface area contributed by atoms with Crippen LogP contribution >= 0.6 is 0 Å². The van der Waals surface area contributed by atoms with E-state index in [2.05, 4.69) is 25.7 Å². The van der Waals surface area contributed by atoms with Crippen molar-refractivity contribution in [1.82, 2.24) is 9.80 Å². The van der Waals surface area contributed by atoms with Crippen LogP contribution in [0.4, 0.5) is 0 Å². The highest BCUT2D eigenvalue weighted by molar-refractivity contribution is 6.35. The van der Waals surface area contributed by atoms with Gasteiger partial charge < -0.3 is 9.64 Å². The summed E-state index contributed by atoms with van der Waals surface area (Å²) in [5.74, 6) is 1.30. The summed E-state index contributed by atoms with van der Waals surface area (Å²) in [6, 6.07) is 13.5. The van der Waals surface area contributed by atoms with Crippen LogP contribution in [0.1, 0.15) is 42.5 Å². The third-order valence-corrected chi connectivity index (χ3v) is 6.62. The first kappa shape index (κ1) is 22.1. The molecule has 2 aliphatic heterocycles. The Morgan fingerprint density at radius 3 is 2.16 bits per heavy atom. The first-order valence-electron chi connectivity index (χ1n) is 11.3. The number of benzene rings is 2. The number of hydrogen-bond donors (Lipinski definition) is 0. The molecule has 2 heterocycles. The monoisotopic (exact) mass is 432 g/mol. The molecule has 0 bridgehead atoms. The van der Waals surface area contributed by atoms with Gasteiger partial charge in [0.1, 0.15) is 11.4 Å². The van der Waals surface area contributed by atoms with Crippen LogP contribution in [0.3, 0.4) is 0 Å². The molecule has 0 aliphatic carbocycles. The molecule has 2 atom stereocenters. The summed E-state index contributed by atoms with van der Waals surface area (Å²) < 4.78 is 5.23. The van der Waals surface area contributed by atoms with Crippen LogP contribution in [0.2, 0.25) is 0 Å². The predicted molar refractivity (Wildman–Crippen MR) is 126 cm³/mol. The highest BCUT2D eigenvalue weighted by Crippen LogP contribution is 2.36. The molecule has 2 amide bonds. The van der Waals surface area contributed by atoms with Gasteiger partial charge in [-0.2, -0.15) is 0 Å². The Morgan fingerprint density at radius 2 is 1.56 bits per heavy atom. The average molecular weight is 433 g/mol. The zero-order valence-electron chi connectivity index (χ0n) is 19.6. The van der Waals surface area contributed by atoms with Crippen LogP contribution in [0.25, 0.3) is 5.57 Å². The number of piperidine rings is 1. The second-order valence-electron chi connectivity index (χ2n) is 9.42. The van der Waals surface area contributed by atoms with Gasteiger partial charge >= 0.3 is 0 Å². The molecule has 0 spiro atoms. The lowest BCUT2D eigenvalue weighted by Crippen LogP contribution is -2.41. The number of likely N-dealkylation sites (tertiary alicyclic amines) is 1. The van der Waals surface area contributed by atoms with Crippen LogP contribution in [-0.4, -0.2) is 41.8 Å². The van der Waals surface area contributed by atoms with Gasteiger partial charge in [-0.3, -0.25) is 14.5 Å². The van der Waals surface area contributed by atoms with Crippen LogP contribution in [0.5, 0.6) is 5.75 Å². The highest BCUT2D eigenvalue weighted by Gasteiger charge is 2.42. The molecule has 2 aromatic carbocycles. The first-order valence-corrected chi connectivity index (χ1v) is 11.3. The van der Waals surface area contributed by atoms with Gasteiger partial charge in [-0.25, -0.2) is 0 Å². The molecule has 1 saturated heterocycles. The molecular weight excluding hydrogens is 400 g/mol. The van der Waals surface area contributed by atoms with Crippen LogP contribution in [0.15, 0.2) is 48.2 Å². The average Bonchev–Trinajstić information content (AvgIpc) is 3.00. The molecule has 1 fully saturated rings. The molecule has 5 nitrogen and oxygen atoms in total. The minimum absolute atomic E-state index is 0.194. The van der Waals surface area contributed by atoms with Gasteiger partial charge in [0, 0.05) is 13.1 Å². The van der Waals surface area contributed by atoms with Gasteiger partial charge in [-0.1, -0.05) is 44.2 Å². The number of amides is 2. The second kappa shape index (κ2) is 8.81. The Labute approximate surface area is 190 Å². The number of carbonyl (C=O) groups excluding carboxylic acids is 2. The quantitative estimate of drug-likeness (QED) is 0.650. The lowest BCUT2D eigenvalue weighted by Gasteiger charge is -2.37. The van der Waals surface area contributed by atoms with Crippen molar-refractivity contribution >= 4 is 17.4 Å². The summed E-state index contributed by atoms with van der Waals surface area (Å²) >= 11 is 0. The summed E-state index contributed by atoms with van der Waals surface area (Å²) in [7, 11) is 1.62. The van der Waals surface area contributed by atoms with Gasteiger partial charge in [-0.15, -0.1) is 0 Å². The molecule has 0 aromatic heterocycles. The summed E-state index contributed by atoms with van der Waals surface area (Å²) in [5, 5.41) is 0. The topological polar surface area (TPSA) is 49.9 Å². The molecule has 4 rings (SSSR count). The van der Waals surface area contributed by atoms with Crippen molar-refractivity contribution in [3.8, 4) is 5.75 Å². The summed E-state index contributed by atoms with van der Waals surface area (Å²) in [6.07, 6.45) is 1.14. The number of hydrogen-bond acceptors (Lipinski definition) is 4. The Bertz CT molecular complexity index is 1060. The lowest BCUT2D eigenvalue weighted by molar-refractivity contribution is -0.138. The molecule has 0 radical (unpaired) electrons. The molecule has 2 unspecified atom stereocenters. The Morgan fingerprint density at radius 1 is 0.906 bits per heavy atom. The normalized spacial score (nSPS) is 21.5. The molecule has 0 N–H and O–H groups in total. The molecule has 2 aliphatic rings. The zero-order chi connectivity index (χ0) is 23.0. The Hall–Kier alpha value is -3.08. The Balaban J connectivity index is 1.74. The van der Waals surface area contributed by atoms with Crippen molar-refractivity contribution in [2.45, 2.75) is 40.7 Å². The van der Waals surface area contributed by atoms with Gasteiger partial charge in [-0.05, 0) is 66.5 Å². The molecule has 168 valence electrons. The lowest BCUT2D eigenvalue weighted by atomic mass is 9.90. The first-order chi connectivity index (χ1) is 15.3. The fraction of sp³-hybridized carbons (Fsp3) is 0.407. The molecule has 5 heteroatoms. The zero-order valence-corrected chi connectivity index (χ0v) is 19.6. The van der Waals surface area contributed by atoms with Crippen LogP contribution < -0.4 is 4.74 Å². The number of imide groups is 1. The fourth-order valence-corrected chi connectivity index (χ4v) is 4.92. The van der Waals surface area contributed by atoms with Gasteiger partial charge in [0.25, 0.3) is 11.8 Å². The number of ether oxygens (including phenoxy) is 1. The maximum Gasteiger partial charge on any atom is 0.278 e. The van der Waals surface area contributed by atoms with E-state index in [0.717, 1.165) is 42.0 Å². The summed E-state index contributed by atoms with van der Waals surface area (Å²) in [4.78, 5) is 30.9. The number of methoxy groups -OCH3 is 1. The van der Waals surface area contributed by atoms with E-state index in [1.807, 2.05) is 49.4 Å². The number of carbonyl (C=O) groups is 2. The van der Waals surface area contributed by atoms with E-state index >= 15 is 0 Å². The van der Waals surface area contributed by atoms with Gasteiger partial charge in [0.05, 0.1) is 19.2 Å². The van der Waals surface area contributed by atoms with E-state index in [1.54, 1.807) is 7.11 Å². The minimum atomic E-state index is -0.213. The Kier molecular flexibility index (Phi) is 6.09. The molecule has 0 saturated carbocycles. The van der Waals surface area contributed by atoms with E-state index in [1.165, 1.54) is 10.5 Å². The van der Waals surface area contributed by atoms with E-state index < -0.39 is 0 Å². The van der Waals surface area contributed by atoms with Crippen molar-refractivity contribution in [2.24, 2.45) is 11.8 Å². The molecular formula is C27H32N2O3. The van der Waals surface area contributed by atoms with E-state index in [0.29, 0.717) is 23.1 Å². The smallest absolute Gasteiger partial charge is 0.278 e. The summed E-state index contributed by atoms with van der Waals surface area (Å²) in [6.45, 7) is 10.4. The van der Waals surface area contributed by atoms with Crippen molar-refractivity contribution in [1.29, 1.82) is 0 Å². The highest BCUT2D eigenvalue weighted by atomic mass is 16.5. The van der Waals surface area contributed by atoms with Crippen molar-refractivity contribution in [3.63, 3.8) is 0 Å². The maximum atomic E-state index is 13.7. The van der Waals surface area contributed by atoms with Crippen molar-refractivity contribution in [2.75, 3.05) is 20.2 Å². The third-order valence-electron chi connectivity index (χ3n) is 6.62. The minimum Gasteiger partial charge on any atom is -0.497 e. The van der Waals surface area contributed by atoms with Crippen LogP contribution in [0, 0.1) is 25.7 Å². The molecule has 32 heavy (non-hydrogen) atoms. The van der Waals surface area contributed by atoms with E-state index in [9.17, 15) is 9.59 Å². The predicted octanol–water partition coefficient (Wildman–Crippen LogP) is 4.57. The number of aryl methyl sites for hydroxylation is 2. The standard InChI is InChI=1S/C27H32N2O3/c1-17-12-18(2)15-28(14-17)25-24(22-9-6-19(3)20(4)13-22)26(30)29(27(25)31)16-21-7-10-23(32-5)11-8-21/h6-11,13,17-18H,12,14-16H2,1-5H3.